The average Bonchev–Trinajstić information content (AvgIpc) is 3.20. The van der Waals surface area contributed by atoms with Crippen LogP contribution in [0.4, 0.5) is 10.5 Å². The summed E-state index contributed by atoms with van der Waals surface area (Å²) >= 11 is 0. The zero-order chi connectivity index (χ0) is 14.5. The van der Waals surface area contributed by atoms with Crippen LogP contribution in [0.2, 0.25) is 0 Å². The molecule has 1 unspecified atom stereocenters. The lowest BCUT2D eigenvalue weighted by atomic mass is 10.2. The van der Waals surface area contributed by atoms with Crippen LogP contribution >= 0.6 is 0 Å². The molecule has 1 aromatic carbocycles. The van der Waals surface area contributed by atoms with Crippen LogP contribution in [0.5, 0.6) is 5.75 Å². The van der Waals surface area contributed by atoms with E-state index in [1.165, 1.54) is 12.8 Å². The van der Waals surface area contributed by atoms with Gasteiger partial charge in [-0.3, -0.25) is 0 Å². The first-order valence-electron chi connectivity index (χ1n) is 6.57. The van der Waals surface area contributed by atoms with Crippen molar-refractivity contribution in [1.29, 1.82) is 0 Å². The summed E-state index contributed by atoms with van der Waals surface area (Å²) in [5.74, 6) is -0.0502. The van der Waals surface area contributed by atoms with Crippen molar-refractivity contribution in [2.75, 3.05) is 11.9 Å². The topological polar surface area (TPSA) is 87.7 Å². The Bertz CT molecular complexity index is 500. The van der Waals surface area contributed by atoms with Crippen LogP contribution in [-0.2, 0) is 4.79 Å². The number of carboxylic acid groups (broad SMARTS) is 1. The van der Waals surface area contributed by atoms with Crippen molar-refractivity contribution in [2.24, 2.45) is 5.92 Å². The van der Waals surface area contributed by atoms with Crippen molar-refractivity contribution >= 4 is 17.7 Å². The lowest BCUT2D eigenvalue weighted by molar-refractivity contribution is -0.139. The molecule has 0 spiro atoms. The highest BCUT2D eigenvalue weighted by Gasteiger charge is 2.28. The summed E-state index contributed by atoms with van der Waals surface area (Å²) in [6.07, 6.45) is 2.33. The molecule has 2 rings (SSSR count). The number of urea groups is 1. The van der Waals surface area contributed by atoms with Crippen molar-refractivity contribution in [3.05, 3.63) is 24.3 Å². The molecular weight excluding hydrogens is 260 g/mol. The summed E-state index contributed by atoms with van der Waals surface area (Å²) in [5, 5.41) is 14.1. The van der Waals surface area contributed by atoms with Gasteiger partial charge in [-0.1, -0.05) is 6.07 Å². The summed E-state index contributed by atoms with van der Waals surface area (Å²) in [6, 6.07) is 6.54. The average molecular weight is 278 g/mol. The molecule has 0 radical (unpaired) electrons. The number of anilines is 1. The van der Waals surface area contributed by atoms with Gasteiger partial charge >= 0.3 is 12.0 Å². The highest BCUT2D eigenvalue weighted by molar-refractivity contribution is 5.89. The van der Waals surface area contributed by atoms with E-state index in [0.717, 1.165) is 0 Å². The number of ether oxygens (including phenoxy) is 1. The van der Waals surface area contributed by atoms with E-state index in [0.29, 0.717) is 17.4 Å². The maximum atomic E-state index is 11.8. The second-order valence-corrected chi connectivity index (χ2v) is 4.93. The van der Waals surface area contributed by atoms with Gasteiger partial charge in [0.25, 0.3) is 0 Å². The Labute approximate surface area is 117 Å². The Morgan fingerprint density at radius 3 is 2.85 bits per heavy atom. The smallest absolute Gasteiger partial charge is 0.341 e. The monoisotopic (exact) mass is 278 g/mol. The summed E-state index contributed by atoms with van der Waals surface area (Å²) in [7, 11) is 0. The van der Waals surface area contributed by atoms with Crippen molar-refractivity contribution in [2.45, 2.75) is 25.8 Å². The molecule has 0 heterocycles. The lowest BCUT2D eigenvalue weighted by Gasteiger charge is -2.14. The molecule has 0 aromatic heterocycles. The van der Waals surface area contributed by atoms with Crippen LogP contribution in [0, 0.1) is 5.92 Å². The molecule has 1 atom stereocenters. The number of hydrogen-bond acceptors (Lipinski definition) is 3. The van der Waals surface area contributed by atoms with Gasteiger partial charge in [-0.05, 0) is 37.8 Å². The Morgan fingerprint density at radius 1 is 1.45 bits per heavy atom. The van der Waals surface area contributed by atoms with Crippen molar-refractivity contribution in [3.63, 3.8) is 0 Å². The number of amides is 2. The van der Waals surface area contributed by atoms with E-state index in [2.05, 4.69) is 10.6 Å². The van der Waals surface area contributed by atoms with Gasteiger partial charge in [0.15, 0.2) is 6.61 Å². The zero-order valence-corrected chi connectivity index (χ0v) is 11.3. The minimum atomic E-state index is -1.04. The maximum Gasteiger partial charge on any atom is 0.341 e. The van der Waals surface area contributed by atoms with E-state index in [1.807, 2.05) is 6.92 Å². The third kappa shape index (κ3) is 4.46. The van der Waals surface area contributed by atoms with Gasteiger partial charge in [0, 0.05) is 17.8 Å². The molecule has 1 saturated carbocycles. The van der Waals surface area contributed by atoms with E-state index < -0.39 is 12.6 Å². The second-order valence-electron chi connectivity index (χ2n) is 4.93. The first-order valence-corrected chi connectivity index (χ1v) is 6.57. The highest BCUT2D eigenvalue weighted by Crippen LogP contribution is 2.32. The highest BCUT2D eigenvalue weighted by atomic mass is 16.5. The normalized spacial score (nSPS) is 15.2. The van der Waals surface area contributed by atoms with E-state index in [-0.39, 0.29) is 12.1 Å². The minimum absolute atomic E-state index is 0.168. The Kier molecular flexibility index (Phi) is 4.45. The summed E-state index contributed by atoms with van der Waals surface area (Å²) in [4.78, 5) is 22.2. The Balaban J connectivity index is 1.86. The van der Waals surface area contributed by atoms with Crippen LogP contribution in [0.25, 0.3) is 0 Å². The predicted octanol–water partition coefficient (Wildman–Crippen LogP) is 2.07. The summed E-state index contributed by atoms with van der Waals surface area (Å²) in [5.41, 5.74) is 0.563. The van der Waals surface area contributed by atoms with Gasteiger partial charge in [-0.15, -0.1) is 0 Å². The van der Waals surface area contributed by atoms with Crippen LogP contribution < -0.4 is 15.4 Å². The molecule has 108 valence electrons. The van der Waals surface area contributed by atoms with Crippen molar-refractivity contribution in [1.82, 2.24) is 5.32 Å². The molecule has 20 heavy (non-hydrogen) atoms. The van der Waals surface area contributed by atoms with Crippen LogP contribution in [0.3, 0.4) is 0 Å². The third-order valence-corrected chi connectivity index (χ3v) is 3.14. The second kappa shape index (κ2) is 6.27. The first-order chi connectivity index (χ1) is 9.54. The fourth-order valence-corrected chi connectivity index (χ4v) is 1.90. The molecular formula is C14H18N2O4. The van der Waals surface area contributed by atoms with E-state index >= 15 is 0 Å². The third-order valence-electron chi connectivity index (χ3n) is 3.14. The fraction of sp³-hybridized carbons (Fsp3) is 0.429. The van der Waals surface area contributed by atoms with Crippen LogP contribution in [0.1, 0.15) is 19.8 Å². The Hall–Kier alpha value is -2.24. The molecule has 0 saturated heterocycles. The zero-order valence-electron chi connectivity index (χ0n) is 11.3. The van der Waals surface area contributed by atoms with Gasteiger partial charge in [-0.25, -0.2) is 9.59 Å². The van der Waals surface area contributed by atoms with Gasteiger partial charge in [0.2, 0.25) is 0 Å². The SMILES string of the molecule is CC(NC(=O)Nc1cccc(OCC(=O)O)c1)C1CC1. The van der Waals surface area contributed by atoms with Gasteiger partial charge < -0.3 is 20.5 Å². The molecule has 1 aliphatic carbocycles. The van der Waals surface area contributed by atoms with E-state index in [9.17, 15) is 9.59 Å². The molecule has 1 aromatic rings. The number of nitrogens with one attached hydrogen (secondary N) is 2. The van der Waals surface area contributed by atoms with Gasteiger partial charge in [0.1, 0.15) is 5.75 Å². The van der Waals surface area contributed by atoms with Crippen LogP contribution in [0.15, 0.2) is 24.3 Å². The molecule has 1 fully saturated rings. The Morgan fingerprint density at radius 2 is 2.20 bits per heavy atom. The number of hydrogen-bond donors (Lipinski definition) is 3. The van der Waals surface area contributed by atoms with Crippen LogP contribution in [-0.4, -0.2) is 29.8 Å². The molecule has 1 aliphatic rings. The molecule has 2 amide bonds. The number of carbonyl (C=O) groups excluding carboxylic acids is 1. The van der Waals surface area contributed by atoms with Gasteiger partial charge in [0.05, 0.1) is 0 Å². The molecule has 0 bridgehead atoms. The van der Waals surface area contributed by atoms with E-state index in [1.54, 1.807) is 24.3 Å². The van der Waals surface area contributed by atoms with E-state index in [4.69, 9.17) is 9.84 Å². The lowest BCUT2D eigenvalue weighted by Crippen LogP contribution is -2.37. The fourth-order valence-electron chi connectivity index (χ4n) is 1.90. The van der Waals surface area contributed by atoms with Crippen molar-refractivity contribution in [3.8, 4) is 5.75 Å². The molecule has 6 heteroatoms. The predicted molar refractivity (Wildman–Crippen MR) is 73.9 cm³/mol. The number of carbonyl (C=O) groups is 2. The standard InChI is InChI=1S/C14H18N2O4/c1-9(10-5-6-10)15-14(19)16-11-3-2-4-12(7-11)20-8-13(17)18/h2-4,7,9-10H,5-6,8H2,1H3,(H,17,18)(H2,15,16,19). The minimum Gasteiger partial charge on any atom is -0.482 e. The quantitative estimate of drug-likeness (QED) is 0.743. The maximum absolute atomic E-state index is 11.8. The molecule has 0 aliphatic heterocycles. The van der Waals surface area contributed by atoms with Gasteiger partial charge in [-0.2, -0.15) is 0 Å². The first kappa shape index (κ1) is 14.2. The number of carboxylic acids is 1. The number of aliphatic carboxylic acids is 1. The number of benzene rings is 1. The number of rotatable bonds is 6. The van der Waals surface area contributed by atoms with Crippen molar-refractivity contribution < 1.29 is 19.4 Å². The molecule has 6 nitrogen and oxygen atoms in total. The summed E-state index contributed by atoms with van der Waals surface area (Å²) < 4.78 is 5.05. The largest absolute Gasteiger partial charge is 0.482 e. The summed E-state index contributed by atoms with van der Waals surface area (Å²) in [6.45, 7) is 1.58. The molecule has 3 N–H and O–H groups in total.